The molecule has 0 bridgehead atoms. The molecule has 1 aromatic heterocycles. The maximum atomic E-state index is 13.0. The number of nitrogens with one attached hydrogen (secondary N) is 1. The Hall–Kier alpha value is -1.62. The highest BCUT2D eigenvalue weighted by atomic mass is 35.5. The van der Waals surface area contributed by atoms with E-state index in [1.165, 1.54) is 12.1 Å². The first-order valence-corrected chi connectivity index (χ1v) is 5.81. The molecule has 0 aliphatic heterocycles. The van der Waals surface area contributed by atoms with Crippen LogP contribution < -0.4 is 5.32 Å². The fourth-order valence-corrected chi connectivity index (χ4v) is 1.76. The zero-order valence-electron chi connectivity index (χ0n) is 10.8. The van der Waals surface area contributed by atoms with Gasteiger partial charge in [0.2, 0.25) is 0 Å². The molecule has 0 saturated carbocycles. The van der Waals surface area contributed by atoms with Crippen LogP contribution in [-0.4, -0.2) is 9.78 Å². The molecule has 0 saturated heterocycles. The van der Waals surface area contributed by atoms with E-state index in [1.807, 2.05) is 24.7 Å². The lowest BCUT2D eigenvalue weighted by atomic mass is 10.2. The van der Waals surface area contributed by atoms with Gasteiger partial charge in [-0.15, -0.1) is 12.4 Å². The summed E-state index contributed by atoms with van der Waals surface area (Å²) in [5, 5.41) is 7.40. The monoisotopic (exact) mass is 287 g/mol. The number of hydrogen-bond donors (Lipinski definition) is 1. The summed E-state index contributed by atoms with van der Waals surface area (Å²) < 4.78 is 27.8. The summed E-state index contributed by atoms with van der Waals surface area (Å²) in [5.74, 6) is -1.12. The van der Waals surface area contributed by atoms with Crippen molar-refractivity contribution in [3.05, 3.63) is 47.3 Å². The van der Waals surface area contributed by atoms with Gasteiger partial charge in [-0.1, -0.05) is 0 Å². The van der Waals surface area contributed by atoms with E-state index in [2.05, 4.69) is 10.4 Å². The number of hydrogen-bond acceptors (Lipinski definition) is 2. The van der Waals surface area contributed by atoms with Gasteiger partial charge in [-0.05, 0) is 31.5 Å². The quantitative estimate of drug-likeness (QED) is 0.932. The van der Waals surface area contributed by atoms with Gasteiger partial charge in [-0.25, -0.2) is 8.78 Å². The second-order valence-corrected chi connectivity index (χ2v) is 4.12. The molecule has 1 N–H and O–H groups in total. The molecule has 104 valence electrons. The molecule has 3 nitrogen and oxygen atoms in total. The van der Waals surface area contributed by atoms with Crippen molar-refractivity contribution in [3.63, 3.8) is 0 Å². The predicted molar refractivity (Wildman–Crippen MR) is 73.6 cm³/mol. The number of aromatic nitrogens is 2. The number of nitrogens with zero attached hydrogens (tertiary/aromatic N) is 2. The summed E-state index contributed by atoms with van der Waals surface area (Å²) in [6.45, 7) is 5.04. The summed E-state index contributed by atoms with van der Waals surface area (Å²) in [6.07, 6.45) is 1.88. The van der Waals surface area contributed by atoms with E-state index in [0.29, 0.717) is 12.1 Å². The van der Waals surface area contributed by atoms with Gasteiger partial charge in [0.1, 0.15) is 11.6 Å². The number of rotatable bonds is 4. The average molecular weight is 288 g/mol. The van der Waals surface area contributed by atoms with Crippen molar-refractivity contribution in [2.75, 3.05) is 5.32 Å². The fraction of sp³-hybridized carbons (Fsp3) is 0.308. The lowest BCUT2D eigenvalue weighted by Crippen LogP contribution is -2.01. The highest BCUT2D eigenvalue weighted by Gasteiger charge is 2.05. The van der Waals surface area contributed by atoms with Crippen molar-refractivity contribution in [1.29, 1.82) is 0 Å². The van der Waals surface area contributed by atoms with E-state index in [4.69, 9.17) is 0 Å². The van der Waals surface area contributed by atoms with Crippen LogP contribution in [0.4, 0.5) is 14.5 Å². The van der Waals surface area contributed by atoms with Gasteiger partial charge in [0.25, 0.3) is 0 Å². The zero-order chi connectivity index (χ0) is 13.1. The number of aryl methyl sites for hydroxylation is 2. The standard InChI is InChI=1S/C13H15F2N3.ClH/c1-3-18-8-13(9(2)17-18)16-7-10-4-11(14)6-12(15)5-10;/h4-6,8,16H,3,7H2,1-2H3;1H. The van der Waals surface area contributed by atoms with Crippen LogP contribution in [0.15, 0.2) is 24.4 Å². The van der Waals surface area contributed by atoms with Gasteiger partial charge >= 0.3 is 0 Å². The Bertz CT molecular complexity index is 535. The summed E-state index contributed by atoms with van der Waals surface area (Å²) in [5.41, 5.74) is 2.31. The van der Waals surface area contributed by atoms with Gasteiger partial charge in [-0.3, -0.25) is 4.68 Å². The fourth-order valence-electron chi connectivity index (χ4n) is 1.76. The molecule has 1 aromatic carbocycles. The van der Waals surface area contributed by atoms with E-state index in [9.17, 15) is 8.78 Å². The summed E-state index contributed by atoms with van der Waals surface area (Å²) in [4.78, 5) is 0. The summed E-state index contributed by atoms with van der Waals surface area (Å²) in [6, 6.07) is 3.50. The third-order valence-corrected chi connectivity index (χ3v) is 2.68. The molecule has 0 radical (unpaired) electrons. The van der Waals surface area contributed by atoms with E-state index >= 15 is 0 Å². The first-order valence-electron chi connectivity index (χ1n) is 5.81. The lowest BCUT2D eigenvalue weighted by Gasteiger charge is -2.05. The maximum Gasteiger partial charge on any atom is 0.126 e. The van der Waals surface area contributed by atoms with Crippen molar-refractivity contribution >= 4 is 18.1 Å². The van der Waals surface area contributed by atoms with Crippen LogP contribution in [0.25, 0.3) is 0 Å². The van der Waals surface area contributed by atoms with Crippen molar-refractivity contribution < 1.29 is 8.78 Å². The molecule has 2 aromatic rings. The van der Waals surface area contributed by atoms with Crippen LogP contribution in [0.1, 0.15) is 18.2 Å². The normalized spacial score (nSPS) is 10.1. The van der Waals surface area contributed by atoms with Gasteiger partial charge < -0.3 is 5.32 Å². The predicted octanol–water partition coefficient (Wildman–Crippen LogP) is 3.52. The number of benzene rings is 1. The lowest BCUT2D eigenvalue weighted by molar-refractivity contribution is 0.580. The smallest absolute Gasteiger partial charge is 0.126 e. The molecule has 19 heavy (non-hydrogen) atoms. The van der Waals surface area contributed by atoms with Gasteiger partial charge in [0.15, 0.2) is 0 Å². The average Bonchev–Trinajstić information content (AvgIpc) is 2.66. The molecular formula is C13H16ClF2N3. The maximum absolute atomic E-state index is 13.0. The van der Waals surface area contributed by atoms with Crippen LogP contribution in [0.5, 0.6) is 0 Å². The van der Waals surface area contributed by atoms with Crippen LogP contribution in [0.3, 0.4) is 0 Å². The minimum absolute atomic E-state index is 0. The van der Waals surface area contributed by atoms with E-state index in [-0.39, 0.29) is 12.4 Å². The molecular weight excluding hydrogens is 272 g/mol. The first kappa shape index (κ1) is 15.4. The first-order chi connectivity index (χ1) is 8.58. The Balaban J connectivity index is 0.00000180. The zero-order valence-corrected chi connectivity index (χ0v) is 11.6. The van der Waals surface area contributed by atoms with Crippen LogP contribution >= 0.6 is 12.4 Å². The Labute approximate surface area is 117 Å². The van der Waals surface area contributed by atoms with E-state index in [1.54, 1.807) is 0 Å². The molecule has 0 unspecified atom stereocenters. The Morgan fingerprint density at radius 3 is 2.37 bits per heavy atom. The molecule has 0 aliphatic rings. The SMILES string of the molecule is CCn1cc(NCc2cc(F)cc(F)c2)c(C)n1.Cl. The number of anilines is 1. The van der Waals surface area contributed by atoms with E-state index in [0.717, 1.165) is 24.0 Å². The summed E-state index contributed by atoms with van der Waals surface area (Å²) >= 11 is 0. The van der Waals surface area contributed by atoms with Crippen LogP contribution in [-0.2, 0) is 13.1 Å². The minimum Gasteiger partial charge on any atom is -0.378 e. The topological polar surface area (TPSA) is 29.9 Å². The third-order valence-electron chi connectivity index (χ3n) is 2.68. The molecule has 0 spiro atoms. The van der Waals surface area contributed by atoms with Crippen molar-refractivity contribution in [2.45, 2.75) is 26.9 Å². The van der Waals surface area contributed by atoms with Gasteiger partial charge in [0.05, 0.1) is 11.4 Å². The third kappa shape index (κ3) is 3.92. The van der Waals surface area contributed by atoms with Crippen molar-refractivity contribution in [1.82, 2.24) is 9.78 Å². The second-order valence-electron chi connectivity index (χ2n) is 4.12. The second kappa shape index (κ2) is 6.52. The molecule has 0 amide bonds. The highest BCUT2D eigenvalue weighted by molar-refractivity contribution is 5.85. The Morgan fingerprint density at radius 1 is 1.21 bits per heavy atom. The van der Waals surface area contributed by atoms with Gasteiger partial charge in [0, 0.05) is 25.4 Å². The number of halogens is 3. The van der Waals surface area contributed by atoms with Crippen molar-refractivity contribution in [2.24, 2.45) is 0 Å². The Kier molecular flexibility index (Phi) is 5.30. The molecule has 6 heteroatoms. The van der Waals surface area contributed by atoms with Crippen molar-refractivity contribution in [3.8, 4) is 0 Å². The highest BCUT2D eigenvalue weighted by Crippen LogP contribution is 2.15. The largest absolute Gasteiger partial charge is 0.378 e. The minimum atomic E-state index is -0.562. The molecule has 1 heterocycles. The Morgan fingerprint density at radius 2 is 1.84 bits per heavy atom. The molecule has 0 fully saturated rings. The van der Waals surface area contributed by atoms with Crippen LogP contribution in [0.2, 0.25) is 0 Å². The van der Waals surface area contributed by atoms with Crippen LogP contribution in [0, 0.1) is 18.6 Å². The molecule has 2 rings (SSSR count). The molecule has 0 aliphatic carbocycles. The van der Waals surface area contributed by atoms with E-state index < -0.39 is 11.6 Å². The molecule has 0 atom stereocenters. The van der Waals surface area contributed by atoms with Gasteiger partial charge in [-0.2, -0.15) is 5.10 Å². The summed E-state index contributed by atoms with van der Waals surface area (Å²) in [7, 11) is 0.